The molecule has 3 aromatic rings. The van der Waals surface area contributed by atoms with E-state index in [2.05, 4.69) is 0 Å². The first-order valence-electron chi connectivity index (χ1n) is 7.81. The van der Waals surface area contributed by atoms with Crippen LogP contribution < -0.4 is 0 Å². The van der Waals surface area contributed by atoms with Gasteiger partial charge in [-0.1, -0.05) is 18.2 Å². The molecule has 6 N–H and O–H groups in total. The highest BCUT2D eigenvalue weighted by Crippen LogP contribution is 2.46. The summed E-state index contributed by atoms with van der Waals surface area (Å²) in [5, 5.41) is 59.1. The summed E-state index contributed by atoms with van der Waals surface area (Å²) < 4.78 is 0. The lowest BCUT2D eigenvalue weighted by Gasteiger charge is -2.32. The van der Waals surface area contributed by atoms with Crippen LogP contribution in [-0.2, 0) is 5.41 Å². The number of aromatic hydroxyl groups is 6. The average molecular weight is 354 g/mol. The molecule has 0 radical (unpaired) electrons. The first kappa shape index (κ1) is 17.3. The van der Waals surface area contributed by atoms with Crippen molar-refractivity contribution < 1.29 is 30.6 Å². The number of phenolic OH excluding ortho intramolecular Hbond substituents is 6. The number of hydrogen-bond donors (Lipinski definition) is 6. The zero-order valence-corrected chi connectivity index (χ0v) is 13.9. The van der Waals surface area contributed by atoms with Crippen molar-refractivity contribution in [3.05, 3.63) is 71.3 Å². The molecule has 3 rings (SSSR count). The third-order valence-electron chi connectivity index (χ3n) is 4.63. The predicted octanol–water partition coefficient (Wildman–Crippen LogP) is 3.27. The smallest absolute Gasteiger partial charge is 0.157 e. The molecule has 6 nitrogen and oxygen atoms in total. The van der Waals surface area contributed by atoms with Crippen LogP contribution in [0.3, 0.4) is 0 Å². The van der Waals surface area contributed by atoms with Crippen LogP contribution >= 0.6 is 0 Å². The summed E-state index contributed by atoms with van der Waals surface area (Å²) in [6.45, 7) is 1.75. The Morgan fingerprint density at radius 2 is 1.04 bits per heavy atom. The van der Waals surface area contributed by atoms with E-state index in [0.29, 0.717) is 16.7 Å². The maximum atomic E-state index is 10.4. The molecule has 3 aromatic carbocycles. The van der Waals surface area contributed by atoms with Gasteiger partial charge in [-0.15, -0.1) is 0 Å². The van der Waals surface area contributed by atoms with Crippen LogP contribution in [0, 0.1) is 0 Å². The Morgan fingerprint density at radius 3 is 1.46 bits per heavy atom. The molecular formula is C20H18O6. The van der Waals surface area contributed by atoms with Crippen molar-refractivity contribution in [1.82, 2.24) is 0 Å². The molecular weight excluding hydrogens is 336 g/mol. The van der Waals surface area contributed by atoms with Crippen LogP contribution in [0.1, 0.15) is 23.6 Å². The lowest BCUT2D eigenvalue weighted by atomic mass is 9.70. The van der Waals surface area contributed by atoms with E-state index in [1.165, 1.54) is 42.5 Å². The van der Waals surface area contributed by atoms with E-state index in [-0.39, 0.29) is 34.5 Å². The SMILES string of the molecule is CC(c1ccc(O)c(O)c1)(c1ccc(O)c(O)c1)c1ccc(O)cc1O. The molecule has 0 bridgehead atoms. The minimum atomic E-state index is -1.08. The largest absolute Gasteiger partial charge is 0.508 e. The van der Waals surface area contributed by atoms with Crippen molar-refractivity contribution in [2.45, 2.75) is 12.3 Å². The number of benzene rings is 3. The zero-order valence-electron chi connectivity index (χ0n) is 13.9. The number of rotatable bonds is 3. The van der Waals surface area contributed by atoms with Crippen molar-refractivity contribution in [3.63, 3.8) is 0 Å². The minimum Gasteiger partial charge on any atom is -0.508 e. The van der Waals surface area contributed by atoms with Crippen LogP contribution in [-0.4, -0.2) is 30.6 Å². The van der Waals surface area contributed by atoms with Gasteiger partial charge in [0.05, 0.1) is 0 Å². The summed E-state index contributed by atoms with van der Waals surface area (Å²) in [7, 11) is 0. The lowest BCUT2D eigenvalue weighted by molar-refractivity contribution is 0.400. The molecule has 0 saturated carbocycles. The summed E-state index contributed by atoms with van der Waals surface area (Å²) in [6, 6.07) is 12.6. The van der Waals surface area contributed by atoms with Gasteiger partial charge in [-0.25, -0.2) is 0 Å². The summed E-state index contributed by atoms with van der Waals surface area (Å²) in [5.74, 6) is -1.56. The first-order chi connectivity index (χ1) is 12.2. The second kappa shape index (κ2) is 6.07. The summed E-state index contributed by atoms with van der Waals surface area (Å²) in [4.78, 5) is 0. The molecule has 0 atom stereocenters. The molecule has 0 aliphatic heterocycles. The van der Waals surface area contributed by atoms with Gasteiger partial charge >= 0.3 is 0 Å². The van der Waals surface area contributed by atoms with Gasteiger partial charge in [0, 0.05) is 17.0 Å². The molecule has 0 saturated heterocycles. The summed E-state index contributed by atoms with van der Waals surface area (Å²) in [6.07, 6.45) is 0. The van der Waals surface area contributed by atoms with Crippen LogP contribution in [0.5, 0.6) is 34.5 Å². The van der Waals surface area contributed by atoms with Gasteiger partial charge in [-0.3, -0.25) is 0 Å². The summed E-state index contributed by atoms with van der Waals surface area (Å²) in [5.41, 5.74) is 0.344. The van der Waals surface area contributed by atoms with Crippen LogP contribution in [0.25, 0.3) is 0 Å². The van der Waals surface area contributed by atoms with Crippen molar-refractivity contribution in [2.75, 3.05) is 0 Å². The van der Waals surface area contributed by atoms with Crippen molar-refractivity contribution in [3.8, 4) is 34.5 Å². The molecule has 0 aliphatic rings. The van der Waals surface area contributed by atoms with Gasteiger partial charge in [0.2, 0.25) is 0 Å². The van der Waals surface area contributed by atoms with E-state index in [9.17, 15) is 30.6 Å². The molecule has 0 unspecified atom stereocenters. The Bertz CT molecular complexity index is 929. The fourth-order valence-electron chi connectivity index (χ4n) is 3.09. The molecule has 0 aliphatic carbocycles. The molecule has 0 spiro atoms. The Labute approximate surface area is 149 Å². The fraction of sp³-hybridized carbons (Fsp3) is 0.100. The second-order valence-electron chi connectivity index (χ2n) is 6.23. The highest BCUT2D eigenvalue weighted by molar-refractivity contribution is 5.59. The molecule has 0 heterocycles. The molecule has 0 fully saturated rings. The zero-order chi connectivity index (χ0) is 19.1. The van der Waals surface area contributed by atoms with E-state index >= 15 is 0 Å². The molecule has 0 aromatic heterocycles. The molecule has 26 heavy (non-hydrogen) atoms. The quantitative estimate of drug-likeness (QED) is 0.317. The van der Waals surface area contributed by atoms with E-state index in [0.717, 1.165) is 0 Å². The van der Waals surface area contributed by atoms with Gasteiger partial charge in [0.25, 0.3) is 0 Å². The maximum absolute atomic E-state index is 10.4. The molecule has 6 heteroatoms. The van der Waals surface area contributed by atoms with Crippen molar-refractivity contribution in [2.24, 2.45) is 0 Å². The van der Waals surface area contributed by atoms with E-state index in [1.54, 1.807) is 19.1 Å². The lowest BCUT2D eigenvalue weighted by Crippen LogP contribution is -2.25. The van der Waals surface area contributed by atoms with Gasteiger partial charge in [0.15, 0.2) is 23.0 Å². The van der Waals surface area contributed by atoms with Crippen LogP contribution in [0.15, 0.2) is 54.6 Å². The monoisotopic (exact) mass is 354 g/mol. The van der Waals surface area contributed by atoms with Gasteiger partial charge < -0.3 is 30.6 Å². The van der Waals surface area contributed by atoms with Gasteiger partial charge in [-0.05, 0) is 48.4 Å². The van der Waals surface area contributed by atoms with Crippen LogP contribution in [0.2, 0.25) is 0 Å². The number of hydrogen-bond acceptors (Lipinski definition) is 6. The number of phenols is 6. The second-order valence-corrected chi connectivity index (χ2v) is 6.23. The summed E-state index contributed by atoms with van der Waals surface area (Å²) >= 11 is 0. The van der Waals surface area contributed by atoms with Crippen molar-refractivity contribution >= 4 is 0 Å². The normalized spacial score (nSPS) is 11.4. The van der Waals surface area contributed by atoms with Gasteiger partial charge in [-0.2, -0.15) is 0 Å². The fourth-order valence-corrected chi connectivity index (χ4v) is 3.09. The maximum Gasteiger partial charge on any atom is 0.157 e. The van der Waals surface area contributed by atoms with E-state index < -0.39 is 5.41 Å². The predicted molar refractivity (Wildman–Crippen MR) is 94.9 cm³/mol. The van der Waals surface area contributed by atoms with Gasteiger partial charge in [0.1, 0.15) is 11.5 Å². The first-order valence-corrected chi connectivity index (χ1v) is 7.81. The topological polar surface area (TPSA) is 121 Å². The van der Waals surface area contributed by atoms with Crippen LogP contribution in [0.4, 0.5) is 0 Å². The third kappa shape index (κ3) is 2.71. The highest BCUT2D eigenvalue weighted by Gasteiger charge is 2.35. The Balaban J connectivity index is 2.33. The Morgan fingerprint density at radius 1 is 0.538 bits per heavy atom. The van der Waals surface area contributed by atoms with E-state index in [4.69, 9.17) is 0 Å². The third-order valence-corrected chi connectivity index (χ3v) is 4.63. The molecule has 134 valence electrons. The standard InChI is InChI=1S/C20H18O6/c1-20(11-2-6-15(22)18(25)8-11,12-3-7-16(23)19(26)9-12)14-5-4-13(21)10-17(14)24/h2-10,21-26H,1H3. The Hall–Kier alpha value is -3.54. The van der Waals surface area contributed by atoms with E-state index in [1.807, 2.05) is 0 Å². The van der Waals surface area contributed by atoms with Crippen molar-refractivity contribution in [1.29, 1.82) is 0 Å². The highest BCUT2D eigenvalue weighted by atomic mass is 16.3. The average Bonchev–Trinajstić information content (AvgIpc) is 2.59. The Kier molecular flexibility index (Phi) is 4.04. The minimum absolute atomic E-state index is 0.115. The molecule has 0 amide bonds.